The molecule has 264 valence electrons. The van der Waals surface area contributed by atoms with Crippen molar-refractivity contribution >= 4 is 32.3 Å². The van der Waals surface area contributed by atoms with Crippen LogP contribution in [0.25, 0.3) is 88.0 Å². The van der Waals surface area contributed by atoms with Gasteiger partial charge in [-0.05, 0) is 130 Å². The van der Waals surface area contributed by atoms with Crippen molar-refractivity contribution in [1.29, 1.82) is 0 Å². The van der Waals surface area contributed by atoms with Crippen LogP contribution in [0.2, 0.25) is 0 Å². The summed E-state index contributed by atoms with van der Waals surface area (Å²) in [5.74, 6) is 0. The summed E-state index contributed by atoms with van der Waals surface area (Å²) in [5, 5.41) is 7.56. The van der Waals surface area contributed by atoms with E-state index in [4.69, 9.17) is 0 Å². The fourth-order valence-corrected chi connectivity index (χ4v) is 8.77. The van der Waals surface area contributed by atoms with E-state index >= 15 is 0 Å². The number of allylic oxidation sites excluding steroid dienone is 1. The zero-order valence-electron chi connectivity index (χ0n) is 31.8. The largest absolute Gasteiger partial charge is 0.103 e. The van der Waals surface area contributed by atoms with Crippen LogP contribution < -0.4 is 0 Å². The molecule has 0 aromatic heterocycles. The van der Waals surface area contributed by atoms with Crippen LogP contribution in [0.3, 0.4) is 0 Å². The average molecular weight is 705 g/mol. The Hall–Kier alpha value is -6.50. The molecule has 9 aromatic rings. The minimum Gasteiger partial charge on any atom is -0.103 e. The van der Waals surface area contributed by atoms with Crippen LogP contribution in [0.4, 0.5) is 0 Å². The fraction of sp³-hybridized carbons (Fsp3) is 0.0909. The fourth-order valence-electron chi connectivity index (χ4n) is 8.77. The van der Waals surface area contributed by atoms with E-state index in [0.29, 0.717) is 0 Å². The van der Waals surface area contributed by atoms with E-state index in [2.05, 4.69) is 209 Å². The van der Waals surface area contributed by atoms with E-state index in [0.717, 1.165) is 6.42 Å². The highest BCUT2D eigenvalue weighted by molar-refractivity contribution is 6.23. The second kappa shape index (κ2) is 14.0. The van der Waals surface area contributed by atoms with Gasteiger partial charge in [0.2, 0.25) is 0 Å². The molecule has 0 amide bonds. The maximum atomic E-state index is 3.48. The number of rotatable bonds is 5. The predicted octanol–water partition coefficient (Wildman–Crippen LogP) is 15.7. The van der Waals surface area contributed by atoms with Crippen molar-refractivity contribution in [3.05, 3.63) is 206 Å². The highest BCUT2D eigenvalue weighted by atomic mass is 14.4. The maximum Gasteiger partial charge on any atom is 0.0159 e. The first kappa shape index (κ1) is 34.3. The molecule has 0 heterocycles. The van der Waals surface area contributed by atoms with Crippen LogP contribution in [0, 0.1) is 0 Å². The minimum absolute atomic E-state index is 0.0385. The van der Waals surface area contributed by atoms with Crippen LogP contribution in [-0.4, -0.2) is 0 Å². The Bertz CT molecular complexity index is 2830. The van der Waals surface area contributed by atoms with E-state index in [1.54, 1.807) is 0 Å². The number of hydrogen-bond donors (Lipinski definition) is 0. The molecule has 1 aliphatic rings. The lowest BCUT2D eigenvalue weighted by molar-refractivity contribution is 0.660. The normalized spacial score (nSPS) is 12.6. The van der Waals surface area contributed by atoms with Gasteiger partial charge < -0.3 is 0 Å². The van der Waals surface area contributed by atoms with Crippen LogP contribution in [0.1, 0.15) is 38.3 Å². The third-order valence-electron chi connectivity index (χ3n) is 11.5. The molecule has 0 nitrogen and oxygen atoms in total. The summed E-state index contributed by atoms with van der Waals surface area (Å²) < 4.78 is 0. The van der Waals surface area contributed by atoms with E-state index in [-0.39, 0.29) is 5.41 Å². The van der Waals surface area contributed by atoms with Crippen LogP contribution in [-0.2, 0) is 5.41 Å². The SMILES string of the molecule is C=CCC.CC1(C)c2ccccc2-c2ccc(-c3cccc(-c4c5ccccc5c(-c5cc6ccccc6cc5-c5ccccc5)c5ccccc45)c3)cc21. The summed E-state index contributed by atoms with van der Waals surface area (Å²) in [4.78, 5) is 0. The molecule has 10 rings (SSSR count). The molecule has 55 heavy (non-hydrogen) atoms. The van der Waals surface area contributed by atoms with Crippen LogP contribution >= 0.6 is 0 Å². The summed E-state index contributed by atoms with van der Waals surface area (Å²) in [6.07, 6.45) is 2.96. The van der Waals surface area contributed by atoms with Gasteiger partial charge in [-0.3, -0.25) is 0 Å². The zero-order valence-corrected chi connectivity index (χ0v) is 31.8. The smallest absolute Gasteiger partial charge is 0.0159 e. The van der Waals surface area contributed by atoms with Gasteiger partial charge in [0, 0.05) is 5.41 Å². The Morgan fingerprint density at radius 3 is 1.55 bits per heavy atom. The van der Waals surface area contributed by atoms with Gasteiger partial charge in [-0.15, -0.1) is 6.58 Å². The highest BCUT2D eigenvalue weighted by Gasteiger charge is 2.35. The standard InChI is InChI=1S/C51H36.C4H8/c1-51(2)47-26-13-12-21-39(47)40-28-27-37(32-48(40)51)34-19-14-20-38(29-34)49-41-22-8-10-24-43(41)50(44-25-11-9-23-42(44)49)46-31-36-18-7-6-17-35(36)30-45(46)33-15-4-3-5-16-33;1-3-4-2/h3-32H,1-2H3;3H,1,4H2,2H3. The van der Waals surface area contributed by atoms with Gasteiger partial charge >= 0.3 is 0 Å². The molecule has 0 spiro atoms. The first-order valence-corrected chi connectivity index (χ1v) is 19.5. The van der Waals surface area contributed by atoms with Gasteiger partial charge in [0.1, 0.15) is 0 Å². The van der Waals surface area contributed by atoms with Gasteiger partial charge in [-0.2, -0.15) is 0 Å². The monoisotopic (exact) mass is 704 g/mol. The lowest BCUT2D eigenvalue weighted by Crippen LogP contribution is -2.14. The van der Waals surface area contributed by atoms with E-state index in [1.807, 2.05) is 6.08 Å². The molecule has 0 atom stereocenters. The number of benzene rings is 9. The van der Waals surface area contributed by atoms with Crippen molar-refractivity contribution in [2.75, 3.05) is 0 Å². The van der Waals surface area contributed by atoms with E-state index in [9.17, 15) is 0 Å². The molecule has 0 saturated carbocycles. The summed E-state index contributed by atoms with van der Waals surface area (Å²) in [5.41, 5.74) is 15.5. The molecule has 0 radical (unpaired) electrons. The predicted molar refractivity (Wildman–Crippen MR) is 239 cm³/mol. The topological polar surface area (TPSA) is 0 Å². The Kier molecular flexibility index (Phi) is 8.76. The second-order valence-corrected chi connectivity index (χ2v) is 15.2. The van der Waals surface area contributed by atoms with Gasteiger partial charge in [0.25, 0.3) is 0 Å². The quantitative estimate of drug-likeness (QED) is 0.124. The zero-order chi connectivity index (χ0) is 37.5. The Balaban J connectivity index is 0.000000949. The maximum absolute atomic E-state index is 3.48. The average Bonchev–Trinajstić information content (AvgIpc) is 3.48. The molecule has 0 unspecified atom stereocenters. The van der Waals surface area contributed by atoms with Crippen LogP contribution in [0.5, 0.6) is 0 Å². The lowest BCUT2D eigenvalue weighted by Gasteiger charge is -2.22. The number of hydrogen-bond acceptors (Lipinski definition) is 0. The van der Waals surface area contributed by atoms with Crippen molar-refractivity contribution in [2.24, 2.45) is 0 Å². The molecule has 9 aromatic carbocycles. The van der Waals surface area contributed by atoms with E-state index < -0.39 is 0 Å². The lowest BCUT2D eigenvalue weighted by atomic mass is 9.81. The van der Waals surface area contributed by atoms with Crippen molar-refractivity contribution < 1.29 is 0 Å². The molecule has 0 saturated heterocycles. The molecule has 0 fully saturated rings. The molecule has 0 aliphatic heterocycles. The molecular weight excluding hydrogens is 661 g/mol. The van der Waals surface area contributed by atoms with Crippen molar-refractivity contribution in [3.8, 4) is 55.6 Å². The summed E-state index contributed by atoms with van der Waals surface area (Å²) in [6.45, 7) is 10.3. The first-order chi connectivity index (χ1) is 27.0. The van der Waals surface area contributed by atoms with Gasteiger partial charge in [-0.1, -0.05) is 185 Å². The first-order valence-electron chi connectivity index (χ1n) is 19.5. The molecule has 1 aliphatic carbocycles. The Morgan fingerprint density at radius 2 is 0.891 bits per heavy atom. The highest BCUT2D eigenvalue weighted by Crippen LogP contribution is 2.50. The van der Waals surface area contributed by atoms with Crippen molar-refractivity contribution in [1.82, 2.24) is 0 Å². The molecule has 0 bridgehead atoms. The van der Waals surface area contributed by atoms with Gasteiger partial charge in [-0.25, -0.2) is 0 Å². The summed E-state index contributed by atoms with van der Waals surface area (Å²) >= 11 is 0. The van der Waals surface area contributed by atoms with Crippen molar-refractivity contribution in [3.63, 3.8) is 0 Å². The molecule has 0 N–H and O–H groups in total. The van der Waals surface area contributed by atoms with Crippen molar-refractivity contribution in [2.45, 2.75) is 32.6 Å². The summed E-state index contributed by atoms with van der Waals surface area (Å²) in [6, 6.07) is 67.5. The number of fused-ring (bicyclic) bond motifs is 6. The summed E-state index contributed by atoms with van der Waals surface area (Å²) in [7, 11) is 0. The van der Waals surface area contributed by atoms with Gasteiger partial charge in [0.15, 0.2) is 0 Å². The molecule has 0 heteroatoms. The van der Waals surface area contributed by atoms with Gasteiger partial charge in [0.05, 0.1) is 0 Å². The third-order valence-corrected chi connectivity index (χ3v) is 11.5. The molecular formula is C55H44. The van der Waals surface area contributed by atoms with E-state index in [1.165, 1.54) is 99.1 Å². The Labute approximate surface area is 325 Å². The van der Waals surface area contributed by atoms with Crippen LogP contribution in [0.15, 0.2) is 195 Å². The third kappa shape index (κ3) is 5.86. The Morgan fingerprint density at radius 1 is 0.400 bits per heavy atom. The minimum atomic E-state index is -0.0385. The second-order valence-electron chi connectivity index (χ2n) is 15.2.